The van der Waals surface area contributed by atoms with E-state index in [1.54, 1.807) is 19.1 Å². The Hall–Kier alpha value is -0.920. The second-order valence-electron chi connectivity index (χ2n) is 4.74. The minimum atomic E-state index is -3.31. The van der Waals surface area contributed by atoms with Crippen LogP contribution >= 0.6 is 0 Å². The summed E-state index contributed by atoms with van der Waals surface area (Å²) < 4.78 is 45.5. The first-order valence-electron chi connectivity index (χ1n) is 6.34. The third-order valence-electron chi connectivity index (χ3n) is 3.04. The van der Waals surface area contributed by atoms with Gasteiger partial charge in [-0.25, -0.2) is 16.8 Å². The molecule has 1 N–H and O–H groups in total. The first-order valence-corrected chi connectivity index (χ1v) is 10.1. The number of rotatable bonds is 7. The van der Waals surface area contributed by atoms with E-state index < -0.39 is 25.8 Å². The molecule has 0 bridgehead atoms. The van der Waals surface area contributed by atoms with Gasteiger partial charge in [0.25, 0.3) is 0 Å². The van der Waals surface area contributed by atoms with Crippen molar-refractivity contribution >= 4 is 19.7 Å². The van der Waals surface area contributed by atoms with E-state index in [0.717, 1.165) is 6.26 Å². The Morgan fingerprint density at radius 3 is 2.40 bits per heavy atom. The van der Waals surface area contributed by atoms with Crippen molar-refractivity contribution in [2.75, 3.05) is 17.8 Å². The molecule has 0 saturated carbocycles. The number of benzene rings is 1. The van der Waals surface area contributed by atoms with E-state index in [1.807, 2.05) is 0 Å². The van der Waals surface area contributed by atoms with E-state index >= 15 is 0 Å². The van der Waals surface area contributed by atoms with E-state index in [1.165, 1.54) is 12.1 Å². The first kappa shape index (κ1) is 17.1. The molecule has 0 fully saturated rings. The maximum absolute atomic E-state index is 11.4. The summed E-state index contributed by atoms with van der Waals surface area (Å²) in [5.74, 6) is 0.124. The molecule has 1 rings (SSSR count). The van der Waals surface area contributed by atoms with Gasteiger partial charge in [0.2, 0.25) is 0 Å². The summed E-state index contributed by atoms with van der Waals surface area (Å²) in [7, 11) is -6.35. The van der Waals surface area contributed by atoms with Crippen molar-refractivity contribution < 1.29 is 21.9 Å². The largest absolute Gasteiger partial charge is 0.388 e. The maximum atomic E-state index is 11.4. The van der Waals surface area contributed by atoms with Crippen LogP contribution in [0.2, 0.25) is 0 Å². The van der Waals surface area contributed by atoms with Gasteiger partial charge in [0.1, 0.15) is 9.84 Å². The Kier molecular flexibility index (Phi) is 5.73. The summed E-state index contributed by atoms with van der Waals surface area (Å²) in [6.07, 6.45) is 0.878. The monoisotopic (exact) mass is 320 g/mol. The summed E-state index contributed by atoms with van der Waals surface area (Å²) >= 11 is 0. The zero-order valence-corrected chi connectivity index (χ0v) is 13.2. The smallest absolute Gasteiger partial charge is 0.175 e. The average Bonchev–Trinajstić information content (AvgIpc) is 2.37. The van der Waals surface area contributed by atoms with E-state index in [0.29, 0.717) is 12.0 Å². The Balaban J connectivity index is 2.72. The molecule has 0 aliphatic carbocycles. The summed E-state index contributed by atoms with van der Waals surface area (Å²) in [4.78, 5) is 0.148. The molecule has 20 heavy (non-hydrogen) atoms. The topological polar surface area (TPSA) is 88.5 Å². The number of aliphatic hydroxyl groups is 1. The van der Waals surface area contributed by atoms with Gasteiger partial charge in [0, 0.05) is 12.0 Å². The number of sulfone groups is 2. The predicted molar refractivity (Wildman–Crippen MR) is 78.1 cm³/mol. The van der Waals surface area contributed by atoms with E-state index in [9.17, 15) is 21.9 Å². The van der Waals surface area contributed by atoms with Crippen molar-refractivity contribution in [3.8, 4) is 0 Å². The second kappa shape index (κ2) is 6.69. The molecule has 0 aromatic heterocycles. The van der Waals surface area contributed by atoms with Gasteiger partial charge in [-0.1, -0.05) is 19.1 Å². The lowest BCUT2D eigenvalue weighted by molar-refractivity contribution is 0.166. The van der Waals surface area contributed by atoms with Gasteiger partial charge in [-0.15, -0.1) is 0 Å². The number of hydrogen-bond acceptors (Lipinski definition) is 5. The zero-order valence-electron chi connectivity index (χ0n) is 11.6. The lowest BCUT2D eigenvalue weighted by atomic mass is 10.1. The Morgan fingerprint density at radius 2 is 1.85 bits per heavy atom. The van der Waals surface area contributed by atoms with E-state index in [4.69, 9.17) is 0 Å². The van der Waals surface area contributed by atoms with Crippen molar-refractivity contribution in [1.82, 2.24) is 0 Å². The van der Waals surface area contributed by atoms with E-state index in [-0.39, 0.29) is 22.8 Å². The summed E-state index contributed by atoms with van der Waals surface area (Å²) in [5.41, 5.74) is 0.488. The fourth-order valence-electron chi connectivity index (χ4n) is 1.76. The van der Waals surface area contributed by atoms with Gasteiger partial charge in [0.05, 0.1) is 16.8 Å². The highest BCUT2D eigenvalue weighted by Crippen LogP contribution is 2.21. The standard InChI is InChI=1S/C13H20O5S2/c1-3-20(17,18)9-5-8-13(14)11-6-4-7-12(10-11)19(2,15)16/h4,6-7,10,13-14H,3,5,8-9H2,1-2H3. The van der Waals surface area contributed by atoms with Gasteiger partial charge in [0.15, 0.2) is 9.84 Å². The molecule has 0 saturated heterocycles. The highest BCUT2D eigenvalue weighted by Gasteiger charge is 2.14. The van der Waals surface area contributed by atoms with Gasteiger partial charge in [-0.3, -0.25) is 0 Å². The summed E-state index contributed by atoms with van der Waals surface area (Å²) in [5, 5.41) is 9.99. The van der Waals surface area contributed by atoms with Crippen LogP contribution in [0.3, 0.4) is 0 Å². The Bertz CT molecular complexity index is 647. The molecule has 0 spiro atoms. The highest BCUT2D eigenvalue weighted by molar-refractivity contribution is 7.91. The third-order valence-corrected chi connectivity index (χ3v) is 5.94. The molecule has 0 heterocycles. The lowest BCUT2D eigenvalue weighted by Crippen LogP contribution is -2.10. The van der Waals surface area contributed by atoms with Crippen LogP contribution in [0.1, 0.15) is 31.4 Å². The summed E-state index contributed by atoms with van der Waals surface area (Å²) in [6.45, 7) is 1.58. The Morgan fingerprint density at radius 1 is 1.20 bits per heavy atom. The molecule has 0 aliphatic heterocycles. The van der Waals surface area contributed by atoms with Gasteiger partial charge in [-0.05, 0) is 30.5 Å². The zero-order chi connectivity index (χ0) is 15.4. The minimum absolute atomic E-state index is 0.0341. The molecule has 1 unspecified atom stereocenters. The molecule has 0 aliphatic rings. The van der Waals surface area contributed by atoms with Crippen molar-refractivity contribution in [3.05, 3.63) is 29.8 Å². The van der Waals surface area contributed by atoms with Crippen LogP contribution in [0.25, 0.3) is 0 Å². The third kappa shape index (κ3) is 5.22. The number of hydrogen-bond donors (Lipinski definition) is 1. The highest BCUT2D eigenvalue weighted by atomic mass is 32.2. The fraction of sp³-hybridized carbons (Fsp3) is 0.538. The van der Waals surface area contributed by atoms with Gasteiger partial charge < -0.3 is 5.11 Å². The normalized spacial score (nSPS) is 14.2. The quantitative estimate of drug-likeness (QED) is 0.819. The Labute approximate surface area is 120 Å². The predicted octanol–water partition coefficient (Wildman–Crippen LogP) is 1.34. The molecule has 1 atom stereocenters. The molecular weight excluding hydrogens is 300 g/mol. The van der Waals surface area contributed by atoms with Crippen molar-refractivity contribution in [2.45, 2.75) is 30.8 Å². The van der Waals surface area contributed by atoms with Crippen LogP contribution < -0.4 is 0 Å². The van der Waals surface area contributed by atoms with Crippen LogP contribution in [0.5, 0.6) is 0 Å². The molecular formula is C13H20O5S2. The van der Waals surface area contributed by atoms with Crippen LogP contribution in [0.15, 0.2) is 29.2 Å². The minimum Gasteiger partial charge on any atom is -0.388 e. The molecule has 5 nitrogen and oxygen atoms in total. The molecule has 1 aromatic rings. The SMILES string of the molecule is CCS(=O)(=O)CCCC(O)c1cccc(S(C)(=O)=O)c1. The summed E-state index contributed by atoms with van der Waals surface area (Å²) in [6, 6.07) is 6.09. The maximum Gasteiger partial charge on any atom is 0.175 e. The lowest BCUT2D eigenvalue weighted by Gasteiger charge is -2.12. The average molecular weight is 320 g/mol. The molecule has 1 aromatic carbocycles. The van der Waals surface area contributed by atoms with Crippen LogP contribution in [0.4, 0.5) is 0 Å². The fourth-order valence-corrected chi connectivity index (χ4v) is 3.33. The van der Waals surface area contributed by atoms with Gasteiger partial charge >= 0.3 is 0 Å². The van der Waals surface area contributed by atoms with E-state index in [2.05, 4.69) is 0 Å². The van der Waals surface area contributed by atoms with Crippen molar-refractivity contribution in [2.24, 2.45) is 0 Å². The first-order chi connectivity index (χ1) is 9.15. The van der Waals surface area contributed by atoms with Crippen LogP contribution in [-0.2, 0) is 19.7 Å². The van der Waals surface area contributed by atoms with Crippen molar-refractivity contribution in [3.63, 3.8) is 0 Å². The van der Waals surface area contributed by atoms with Crippen LogP contribution in [-0.4, -0.2) is 39.7 Å². The van der Waals surface area contributed by atoms with Crippen LogP contribution in [0, 0.1) is 0 Å². The molecule has 114 valence electrons. The van der Waals surface area contributed by atoms with Crippen molar-refractivity contribution in [1.29, 1.82) is 0 Å². The second-order valence-corrected chi connectivity index (χ2v) is 9.23. The number of aliphatic hydroxyl groups excluding tert-OH is 1. The van der Waals surface area contributed by atoms with Gasteiger partial charge in [-0.2, -0.15) is 0 Å². The molecule has 0 amide bonds. The molecule has 0 radical (unpaired) electrons. The molecule has 7 heteroatoms.